The summed E-state index contributed by atoms with van der Waals surface area (Å²) >= 11 is 0. The van der Waals surface area contributed by atoms with E-state index in [0.717, 1.165) is 6.54 Å². The lowest BCUT2D eigenvalue weighted by Crippen LogP contribution is -2.25. The summed E-state index contributed by atoms with van der Waals surface area (Å²) in [6.07, 6.45) is -0.106. The summed E-state index contributed by atoms with van der Waals surface area (Å²) in [5.74, 6) is 0.0741. The van der Waals surface area contributed by atoms with E-state index >= 15 is 0 Å². The van der Waals surface area contributed by atoms with E-state index in [2.05, 4.69) is 0 Å². The molecule has 1 amide bonds. The van der Waals surface area contributed by atoms with E-state index in [-0.39, 0.29) is 5.91 Å². The van der Waals surface area contributed by atoms with Crippen molar-refractivity contribution in [2.24, 2.45) is 0 Å². The van der Waals surface area contributed by atoms with Crippen molar-refractivity contribution in [3.63, 3.8) is 0 Å². The maximum Gasteiger partial charge on any atom is 0.225 e. The lowest BCUT2D eigenvalue weighted by Gasteiger charge is -2.10. The minimum absolute atomic E-state index is 0.0741. The molecule has 1 aliphatic rings. The topological polar surface area (TPSA) is 40.5 Å². The third-order valence-electron chi connectivity index (χ3n) is 1.58. The predicted molar refractivity (Wildman–Crippen MR) is 32.9 cm³/mol. The molecule has 1 saturated heterocycles. The molecule has 0 aromatic rings. The van der Waals surface area contributed by atoms with Gasteiger partial charge in [-0.25, -0.2) is 0 Å². The van der Waals surface area contributed by atoms with Crippen LogP contribution in [0.2, 0.25) is 0 Å². The van der Waals surface area contributed by atoms with Gasteiger partial charge in [0, 0.05) is 13.1 Å². The molecule has 0 bridgehead atoms. The van der Waals surface area contributed by atoms with Crippen molar-refractivity contribution in [2.75, 3.05) is 13.1 Å². The molecule has 3 nitrogen and oxygen atoms in total. The van der Waals surface area contributed by atoms with Gasteiger partial charge in [-0.15, -0.1) is 0 Å². The fraction of sp³-hybridized carbons (Fsp3) is 0.833. The van der Waals surface area contributed by atoms with Gasteiger partial charge in [-0.2, -0.15) is 0 Å². The minimum atomic E-state index is -0.419. The summed E-state index contributed by atoms with van der Waals surface area (Å²) < 4.78 is 0. The second-order valence-electron chi connectivity index (χ2n) is 2.29. The quantitative estimate of drug-likeness (QED) is 0.523. The maximum atomic E-state index is 10.8. The Labute approximate surface area is 54.3 Å². The summed E-state index contributed by atoms with van der Waals surface area (Å²) in [7, 11) is 0. The van der Waals surface area contributed by atoms with Gasteiger partial charge in [0.15, 0.2) is 0 Å². The molecule has 1 aliphatic heterocycles. The number of nitrogens with zero attached hydrogens (tertiary/aromatic N) is 1. The Hall–Kier alpha value is -0.570. The van der Waals surface area contributed by atoms with Crippen molar-refractivity contribution < 1.29 is 9.90 Å². The third-order valence-corrected chi connectivity index (χ3v) is 1.58. The van der Waals surface area contributed by atoms with Crippen molar-refractivity contribution >= 4 is 5.91 Å². The smallest absolute Gasteiger partial charge is 0.225 e. The first-order valence-corrected chi connectivity index (χ1v) is 3.20. The molecule has 1 heterocycles. The fourth-order valence-corrected chi connectivity index (χ4v) is 1.06. The summed E-state index contributed by atoms with van der Waals surface area (Å²) in [4.78, 5) is 12.4. The molecular weight excluding hydrogens is 118 g/mol. The average Bonchev–Trinajstić information content (AvgIpc) is 2.10. The van der Waals surface area contributed by atoms with E-state index < -0.39 is 6.10 Å². The van der Waals surface area contributed by atoms with Crippen molar-refractivity contribution in [2.45, 2.75) is 19.4 Å². The monoisotopic (exact) mass is 129 g/mol. The highest BCUT2D eigenvalue weighted by molar-refractivity contribution is 5.78. The standard InChI is InChI=1S/C6H11NO2/c1-2-7-4-5(8)3-6(7)9/h5,8H,2-4H2,1H3/t5-/m0/s1. The van der Waals surface area contributed by atoms with Crippen molar-refractivity contribution in [3.8, 4) is 0 Å². The van der Waals surface area contributed by atoms with Crippen LogP contribution in [0.3, 0.4) is 0 Å². The number of aliphatic hydroxyl groups excluding tert-OH is 1. The van der Waals surface area contributed by atoms with Crippen LogP contribution in [-0.4, -0.2) is 35.1 Å². The Morgan fingerprint density at radius 1 is 1.89 bits per heavy atom. The van der Waals surface area contributed by atoms with E-state index in [9.17, 15) is 4.79 Å². The number of amides is 1. The fourth-order valence-electron chi connectivity index (χ4n) is 1.06. The van der Waals surface area contributed by atoms with Crippen LogP contribution in [0.4, 0.5) is 0 Å². The van der Waals surface area contributed by atoms with Crippen LogP contribution in [0, 0.1) is 0 Å². The molecule has 0 aliphatic carbocycles. The molecule has 0 unspecified atom stereocenters. The van der Waals surface area contributed by atoms with Gasteiger partial charge in [-0.3, -0.25) is 4.79 Å². The van der Waals surface area contributed by atoms with Gasteiger partial charge in [0.1, 0.15) is 0 Å². The minimum Gasteiger partial charge on any atom is -0.391 e. The van der Waals surface area contributed by atoms with Crippen molar-refractivity contribution in [1.82, 2.24) is 4.90 Å². The zero-order valence-corrected chi connectivity index (χ0v) is 5.50. The van der Waals surface area contributed by atoms with Gasteiger partial charge in [0.2, 0.25) is 5.91 Å². The number of rotatable bonds is 1. The number of hydrogen-bond donors (Lipinski definition) is 1. The molecule has 1 fully saturated rings. The van der Waals surface area contributed by atoms with Crippen LogP contribution in [0.25, 0.3) is 0 Å². The zero-order valence-electron chi connectivity index (χ0n) is 5.50. The largest absolute Gasteiger partial charge is 0.391 e. The van der Waals surface area contributed by atoms with Gasteiger partial charge in [0.05, 0.1) is 12.5 Å². The predicted octanol–water partition coefficient (Wildman–Crippen LogP) is -0.401. The second kappa shape index (κ2) is 2.35. The highest BCUT2D eigenvalue weighted by Crippen LogP contribution is 2.08. The first kappa shape index (κ1) is 6.55. The molecule has 52 valence electrons. The van der Waals surface area contributed by atoms with Crippen molar-refractivity contribution in [3.05, 3.63) is 0 Å². The second-order valence-corrected chi connectivity index (χ2v) is 2.29. The Kier molecular flexibility index (Phi) is 1.71. The molecule has 0 radical (unpaired) electrons. The normalized spacial score (nSPS) is 27.6. The number of likely N-dealkylation sites (N-methyl/N-ethyl adjacent to an activating group) is 1. The van der Waals surface area contributed by atoms with Crippen molar-refractivity contribution in [1.29, 1.82) is 0 Å². The Morgan fingerprint density at radius 2 is 2.56 bits per heavy atom. The molecular formula is C6H11NO2. The van der Waals surface area contributed by atoms with Crippen LogP contribution in [-0.2, 0) is 4.79 Å². The Morgan fingerprint density at radius 3 is 2.78 bits per heavy atom. The van der Waals surface area contributed by atoms with Crippen LogP contribution in [0.5, 0.6) is 0 Å². The van der Waals surface area contributed by atoms with Crippen LogP contribution >= 0.6 is 0 Å². The Balaban J connectivity index is 2.48. The number of carbonyl (C=O) groups is 1. The van der Waals surface area contributed by atoms with Gasteiger partial charge in [-0.05, 0) is 6.92 Å². The first-order chi connectivity index (χ1) is 4.24. The molecule has 0 aromatic carbocycles. The van der Waals surface area contributed by atoms with Crippen LogP contribution < -0.4 is 0 Å². The summed E-state index contributed by atoms with van der Waals surface area (Å²) in [6, 6.07) is 0. The van der Waals surface area contributed by atoms with E-state index in [0.29, 0.717) is 13.0 Å². The lowest BCUT2D eigenvalue weighted by atomic mass is 10.3. The average molecular weight is 129 g/mol. The SMILES string of the molecule is CCN1C[C@@H](O)CC1=O. The molecule has 1 atom stereocenters. The number of carbonyl (C=O) groups excluding carboxylic acids is 1. The van der Waals surface area contributed by atoms with Gasteiger partial charge >= 0.3 is 0 Å². The van der Waals surface area contributed by atoms with Gasteiger partial charge in [-0.1, -0.05) is 0 Å². The molecule has 0 saturated carbocycles. The Bertz CT molecular complexity index is 124. The molecule has 1 rings (SSSR count). The van der Waals surface area contributed by atoms with Gasteiger partial charge in [0.25, 0.3) is 0 Å². The highest BCUT2D eigenvalue weighted by Gasteiger charge is 2.25. The zero-order chi connectivity index (χ0) is 6.85. The summed E-state index contributed by atoms with van der Waals surface area (Å²) in [5.41, 5.74) is 0. The number of aliphatic hydroxyl groups is 1. The molecule has 0 spiro atoms. The van der Waals surface area contributed by atoms with E-state index in [1.807, 2.05) is 6.92 Å². The molecule has 3 heteroatoms. The van der Waals surface area contributed by atoms with Gasteiger partial charge < -0.3 is 10.0 Å². The number of hydrogen-bond acceptors (Lipinski definition) is 2. The maximum absolute atomic E-state index is 10.8. The highest BCUT2D eigenvalue weighted by atomic mass is 16.3. The lowest BCUT2D eigenvalue weighted by molar-refractivity contribution is -0.127. The first-order valence-electron chi connectivity index (χ1n) is 3.20. The number of likely N-dealkylation sites (tertiary alicyclic amines) is 1. The summed E-state index contributed by atoms with van der Waals surface area (Å²) in [6.45, 7) is 3.15. The van der Waals surface area contributed by atoms with E-state index in [4.69, 9.17) is 5.11 Å². The molecule has 0 aromatic heterocycles. The summed E-state index contributed by atoms with van der Waals surface area (Å²) in [5, 5.41) is 8.94. The van der Waals surface area contributed by atoms with E-state index in [1.54, 1.807) is 4.90 Å². The van der Waals surface area contributed by atoms with Crippen LogP contribution in [0.15, 0.2) is 0 Å². The molecule has 1 N–H and O–H groups in total. The molecule has 9 heavy (non-hydrogen) atoms. The van der Waals surface area contributed by atoms with Crippen LogP contribution in [0.1, 0.15) is 13.3 Å². The van der Waals surface area contributed by atoms with E-state index in [1.165, 1.54) is 0 Å². The number of β-amino-alcohol motifs (C(OH)–C–C–N with tert-alkyl or cyclic N) is 1. The third kappa shape index (κ3) is 1.21.